The minimum absolute atomic E-state index is 0.146. The molecule has 0 radical (unpaired) electrons. The minimum atomic E-state index is -0.275. The molecule has 27 heavy (non-hydrogen) atoms. The number of carbonyl (C=O) groups excluding carboxylic acids is 1. The van der Waals surface area contributed by atoms with Crippen LogP contribution in [-0.2, 0) is 11.3 Å². The van der Waals surface area contributed by atoms with Gasteiger partial charge in [-0.25, -0.2) is 9.78 Å². The van der Waals surface area contributed by atoms with Gasteiger partial charge in [-0.3, -0.25) is 4.90 Å². The van der Waals surface area contributed by atoms with Crippen molar-refractivity contribution in [3.05, 3.63) is 53.7 Å². The fraction of sp³-hybridized carbons (Fsp3) is 0.429. The molecule has 1 unspecified atom stereocenters. The predicted molar refractivity (Wildman–Crippen MR) is 103 cm³/mol. The zero-order chi connectivity index (χ0) is 18.6. The van der Waals surface area contributed by atoms with Crippen molar-refractivity contribution in [2.45, 2.75) is 32.4 Å². The molecule has 6 heteroatoms. The third-order valence-electron chi connectivity index (χ3n) is 5.02. The highest BCUT2D eigenvalue weighted by molar-refractivity contribution is 5.89. The van der Waals surface area contributed by atoms with E-state index in [1.807, 2.05) is 30.3 Å². The van der Waals surface area contributed by atoms with Crippen LogP contribution in [0.4, 0.5) is 10.5 Å². The fourth-order valence-electron chi connectivity index (χ4n) is 3.11. The van der Waals surface area contributed by atoms with E-state index in [1.165, 1.54) is 12.8 Å². The van der Waals surface area contributed by atoms with Gasteiger partial charge in [0.25, 0.3) is 0 Å². The number of rotatable bonds is 8. The van der Waals surface area contributed by atoms with Gasteiger partial charge in [0.15, 0.2) is 0 Å². The summed E-state index contributed by atoms with van der Waals surface area (Å²) in [5.74, 6) is 1.41. The van der Waals surface area contributed by atoms with Gasteiger partial charge in [-0.15, -0.1) is 0 Å². The molecule has 0 bridgehead atoms. The molecule has 1 N–H and O–H groups in total. The van der Waals surface area contributed by atoms with Crippen molar-refractivity contribution in [3.63, 3.8) is 0 Å². The first-order valence-electron chi connectivity index (χ1n) is 9.54. The molecule has 1 saturated carbocycles. The molecular formula is C21H25N3O3. The second-order valence-corrected chi connectivity index (χ2v) is 7.22. The quantitative estimate of drug-likeness (QED) is 0.771. The maximum Gasteiger partial charge on any atom is 0.414 e. The number of hydrogen-bond acceptors (Lipinski definition) is 5. The Labute approximate surface area is 159 Å². The van der Waals surface area contributed by atoms with Crippen LogP contribution in [0.2, 0.25) is 0 Å². The van der Waals surface area contributed by atoms with E-state index in [4.69, 9.17) is 9.47 Å². The molecule has 2 fully saturated rings. The lowest BCUT2D eigenvalue weighted by Gasteiger charge is -2.18. The zero-order valence-corrected chi connectivity index (χ0v) is 15.6. The zero-order valence-electron chi connectivity index (χ0n) is 15.6. The van der Waals surface area contributed by atoms with E-state index in [1.54, 1.807) is 11.1 Å². The highest BCUT2D eigenvalue weighted by Gasteiger charge is 2.24. The first kappa shape index (κ1) is 17.8. The maximum atomic E-state index is 11.8. The van der Waals surface area contributed by atoms with E-state index >= 15 is 0 Å². The molecule has 1 aliphatic carbocycles. The molecular weight excluding hydrogens is 342 g/mol. The van der Waals surface area contributed by atoms with Crippen molar-refractivity contribution in [2.75, 3.05) is 24.7 Å². The number of amides is 1. The molecule has 2 heterocycles. The molecule has 142 valence electrons. The van der Waals surface area contributed by atoms with Gasteiger partial charge >= 0.3 is 6.09 Å². The van der Waals surface area contributed by atoms with Crippen molar-refractivity contribution in [2.24, 2.45) is 5.92 Å². The van der Waals surface area contributed by atoms with Gasteiger partial charge in [0.1, 0.15) is 6.61 Å². The smallest absolute Gasteiger partial charge is 0.414 e. The monoisotopic (exact) mass is 367 g/mol. The Morgan fingerprint density at radius 1 is 1.33 bits per heavy atom. The number of hydrogen-bond donors (Lipinski definition) is 1. The lowest BCUT2D eigenvalue weighted by molar-refractivity contribution is 0.181. The maximum absolute atomic E-state index is 11.8. The summed E-state index contributed by atoms with van der Waals surface area (Å²) in [5, 5.41) is 3.53. The molecule has 1 saturated heterocycles. The lowest BCUT2D eigenvalue weighted by atomic mass is 10.1. The molecule has 1 aromatic carbocycles. The van der Waals surface area contributed by atoms with Crippen LogP contribution in [0, 0.1) is 5.92 Å². The van der Waals surface area contributed by atoms with Gasteiger partial charge in [-0.1, -0.05) is 12.1 Å². The summed E-state index contributed by atoms with van der Waals surface area (Å²) in [6, 6.07) is 12.2. The van der Waals surface area contributed by atoms with Gasteiger partial charge in [0, 0.05) is 30.5 Å². The Hall–Kier alpha value is -2.60. The highest BCUT2D eigenvalue weighted by atomic mass is 16.6. The first-order chi connectivity index (χ1) is 13.2. The van der Waals surface area contributed by atoms with E-state index in [9.17, 15) is 4.79 Å². The average molecular weight is 367 g/mol. The van der Waals surface area contributed by atoms with Gasteiger partial charge in [0.05, 0.1) is 13.2 Å². The summed E-state index contributed by atoms with van der Waals surface area (Å²) in [6.45, 7) is 4.66. The molecule has 4 rings (SSSR count). The Kier molecular flexibility index (Phi) is 5.25. The third-order valence-corrected chi connectivity index (χ3v) is 5.02. The summed E-state index contributed by atoms with van der Waals surface area (Å²) in [5.41, 5.74) is 3.15. The number of carbonyl (C=O) groups is 1. The van der Waals surface area contributed by atoms with E-state index in [0.29, 0.717) is 24.9 Å². The Bertz CT molecular complexity index is 807. The second-order valence-electron chi connectivity index (χ2n) is 7.22. The number of cyclic esters (lactones) is 1. The van der Waals surface area contributed by atoms with Crippen molar-refractivity contribution in [3.8, 4) is 5.88 Å². The van der Waals surface area contributed by atoms with Crippen LogP contribution in [0.1, 0.15) is 36.9 Å². The molecule has 2 aliphatic rings. The number of pyridine rings is 1. The SMILES string of the molecule is CC(NCc1ccnc(OCC2CC2)c1)c1cccc(N2CCOC2=O)c1. The molecule has 1 amide bonds. The largest absolute Gasteiger partial charge is 0.477 e. The minimum Gasteiger partial charge on any atom is -0.477 e. The van der Waals surface area contributed by atoms with Crippen LogP contribution in [0.3, 0.4) is 0 Å². The van der Waals surface area contributed by atoms with Crippen LogP contribution in [0.5, 0.6) is 5.88 Å². The molecule has 1 atom stereocenters. The number of nitrogens with one attached hydrogen (secondary N) is 1. The fourth-order valence-corrected chi connectivity index (χ4v) is 3.11. The molecule has 2 aromatic rings. The standard InChI is InChI=1S/C21H25N3O3/c1-15(18-3-2-4-19(12-18)24-9-10-26-21(24)25)23-13-17-7-8-22-20(11-17)27-14-16-5-6-16/h2-4,7-8,11-12,15-16,23H,5-6,9-10,13-14H2,1H3. The topological polar surface area (TPSA) is 63.7 Å². The number of ether oxygens (including phenoxy) is 2. The van der Waals surface area contributed by atoms with Gasteiger partial charge in [0.2, 0.25) is 5.88 Å². The van der Waals surface area contributed by atoms with Crippen molar-refractivity contribution < 1.29 is 14.3 Å². The summed E-state index contributed by atoms with van der Waals surface area (Å²) < 4.78 is 10.8. The first-order valence-corrected chi connectivity index (χ1v) is 9.54. The van der Waals surface area contributed by atoms with E-state index in [2.05, 4.69) is 23.3 Å². The number of benzene rings is 1. The van der Waals surface area contributed by atoms with Crippen molar-refractivity contribution in [1.29, 1.82) is 0 Å². The number of anilines is 1. The van der Waals surface area contributed by atoms with E-state index in [0.717, 1.165) is 30.0 Å². The highest BCUT2D eigenvalue weighted by Crippen LogP contribution is 2.29. The predicted octanol–water partition coefficient (Wildman–Crippen LogP) is 3.68. The van der Waals surface area contributed by atoms with Gasteiger partial charge < -0.3 is 14.8 Å². The van der Waals surface area contributed by atoms with Crippen molar-refractivity contribution >= 4 is 11.8 Å². The van der Waals surface area contributed by atoms with Crippen LogP contribution >= 0.6 is 0 Å². The molecule has 1 aliphatic heterocycles. The van der Waals surface area contributed by atoms with Crippen LogP contribution < -0.4 is 15.0 Å². The lowest BCUT2D eigenvalue weighted by Crippen LogP contribution is -2.24. The van der Waals surface area contributed by atoms with E-state index in [-0.39, 0.29) is 12.1 Å². The number of nitrogens with zero attached hydrogens (tertiary/aromatic N) is 2. The Morgan fingerprint density at radius 3 is 3.00 bits per heavy atom. The van der Waals surface area contributed by atoms with Crippen LogP contribution in [0.15, 0.2) is 42.6 Å². The van der Waals surface area contributed by atoms with Gasteiger partial charge in [-0.05, 0) is 55.0 Å². The summed E-state index contributed by atoms with van der Waals surface area (Å²) in [4.78, 5) is 17.7. The average Bonchev–Trinajstić information content (AvgIpc) is 3.44. The van der Waals surface area contributed by atoms with Crippen LogP contribution in [0.25, 0.3) is 0 Å². The summed E-state index contributed by atoms with van der Waals surface area (Å²) >= 11 is 0. The third kappa shape index (κ3) is 4.57. The Morgan fingerprint density at radius 2 is 2.22 bits per heavy atom. The molecule has 1 aromatic heterocycles. The van der Waals surface area contributed by atoms with Crippen molar-refractivity contribution in [1.82, 2.24) is 10.3 Å². The van der Waals surface area contributed by atoms with E-state index < -0.39 is 0 Å². The summed E-state index contributed by atoms with van der Waals surface area (Å²) in [6.07, 6.45) is 4.06. The van der Waals surface area contributed by atoms with Crippen LogP contribution in [-0.4, -0.2) is 30.8 Å². The second kappa shape index (κ2) is 7.96. The summed E-state index contributed by atoms with van der Waals surface area (Å²) in [7, 11) is 0. The number of aromatic nitrogens is 1. The Balaban J connectivity index is 1.35. The van der Waals surface area contributed by atoms with Gasteiger partial charge in [-0.2, -0.15) is 0 Å². The molecule has 6 nitrogen and oxygen atoms in total. The molecule has 0 spiro atoms. The normalized spacial score (nSPS) is 17.7.